The Balaban J connectivity index is 1.53. The van der Waals surface area contributed by atoms with Crippen LogP contribution in [0.15, 0.2) is 36.7 Å². The summed E-state index contributed by atoms with van der Waals surface area (Å²) < 4.78 is 5.89. The van der Waals surface area contributed by atoms with Gasteiger partial charge in [0.25, 0.3) is 0 Å². The minimum Gasteiger partial charge on any atom is -0.492 e. The van der Waals surface area contributed by atoms with Gasteiger partial charge in [-0.1, -0.05) is 0 Å². The number of hydrogen-bond donors (Lipinski definition) is 0. The molecule has 0 saturated carbocycles. The first kappa shape index (κ1) is 17.7. The molecule has 5 heteroatoms. The van der Waals surface area contributed by atoms with Crippen LogP contribution in [0.25, 0.3) is 0 Å². The van der Waals surface area contributed by atoms with E-state index in [0.717, 1.165) is 43.4 Å². The van der Waals surface area contributed by atoms with Gasteiger partial charge in [0.2, 0.25) is 0 Å². The molecule has 0 amide bonds. The number of anilines is 1. The molecule has 3 rings (SSSR count). The van der Waals surface area contributed by atoms with Crippen molar-refractivity contribution in [1.82, 2.24) is 14.9 Å². The summed E-state index contributed by atoms with van der Waals surface area (Å²) in [4.78, 5) is 13.3. The van der Waals surface area contributed by atoms with Gasteiger partial charge in [0.1, 0.15) is 18.2 Å². The van der Waals surface area contributed by atoms with Gasteiger partial charge in [-0.25, -0.2) is 9.97 Å². The van der Waals surface area contributed by atoms with Crippen molar-refractivity contribution in [2.24, 2.45) is 0 Å². The Morgan fingerprint density at radius 1 is 1.08 bits per heavy atom. The van der Waals surface area contributed by atoms with Crippen molar-refractivity contribution in [1.29, 1.82) is 0 Å². The molecule has 0 N–H and O–H groups in total. The molecule has 2 aromatic rings. The molecule has 0 spiro atoms. The molecule has 1 aromatic heterocycles. The van der Waals surface area contributed by atoms with E-state index in [2.05, 4.69) is 51.0 Å². The van der Waals surface area contributed by atoms with Crippen molar-refractivity contribution in [3.05, 3.63) is 48.0 Å². The number of likely N-dealkylation sites (tertiary alicyclic amines) is 1. The second kappa shape index (κ2) is 8.81. The van der Waals surface area contributed by atoms with E-state index >= 15 is 0 Å². The lowest BCUT2D eigenvalue weighted by Crippen LogP contribution is -2.25. The zero-order chi connectivity index (χ0) is 17.5. The zero-order valence-electron chi connectivity index (χ0n) is 15.3. The maximum atomic E-state index is 5.89. The van der Waals surface area contributed by atoms with Crippen LogP contribution in [-0.2, 0) is 6.54 Å². The van der Waals surface area contributed by atoms with Gasteiger partial charge in [-0.2, -0.15) is 0 Å². The monoisotopic (exact) mass is 340 g/mol. The van der Waals surface area contributed by atoms with Crippen LogP contribution in [0.5, 0.6) is 5.75 Å². The number of aromatic nitrogens is 2. The highest BCUT2D eigenvalue weighted by molar-refractivity contribution is 5.49. The summed E-state index contributed by atoms with van der Waals surface area (Å²) >= 11 is 0. The first-order valence-corrected chi connectivity index (χ1v) is 9.22. The van der Waals surface area contributed by atoms with Crippen LogP contribution in [-0.4, -0.2) is 47.7 Å². The van der Waals surface area contributed by atoms with E-state index in [-0.39, 0.29) is 0 Å². The van der Waals surface area contributed by atoms with Crippen molar-refractivity contribution >= 4 is 5.69 Å². The quantitative estimate of drug-likeness (QED) is 0.738. The number of hydrogen-bond acceptors (Lipinski definition) is 5. The van der Waals surface area contributed by atoms with Crippen LogP contribution in [0.4, 0.5) is 5.69 Å². The lowest BCUT2D eigenvalue weighted by Gasteiger charge is -2.23. The average molecular weight is 340 g/mol. The third-order valence-electron chi connectivity index (χ3n) is 4.67. The van der Waals surface area contributed by atoms with E-state index in [1.54, 1.807) is 0 Å². The highest BCUT2D eigenvalue weighted by Crippen LogP contribution is 2.21. The average Bonchev–Trinajstić information content (AvgIpc) is 3.15. The van der Waals surface area contributed by atoms with Crippen LogP contribution < -0.4 is 9.64 Å². The van der Waals surface area contributed by atoms with Gasteiger partial charge in [-0.05, 0) is 64.0 Å². The predicted molar refractivity (Wildman–Crippen MR) is 101 cm³/mol. The van der Waals surface area contributed by atoms with Crippen LogP contribution in [0, 0.1) is 6.92 Å². The molecule has 0 atom stereocenters. The fourth-order valence-electron chi connectivity index (χ4n) is 3.16. The molecule has 0 aliphatic carbocycles. The molecule has 0 unspecified atom stereocenters. The van der Waals surface area contributed by atoms with Crippen LogP contribution in [0.2, 0.25) is 0 Å². The Labute approximate surface area is 150 Å². The van der Waals surface area contributed by atoms with Crippen molar-refractivity contribution < 1.29 is 4.74 Å². The molecule has 1 aromatic carbocycles. The number of aryl methyl sites for hydroxylation is 1. The van der Waals surface area contributed by atoms with E-state index in [4.69, 9.17) is 4.74 Å². The van der Waals surface area contributed by atoms with E-state index in [0.29, 0.717) is 0 Å². The van der Waals surface area contributed by atoms with Gasteiger partial charge < -0.3 is 9.64 Å². The Bertz CT molecular complexity index is 636. The molecule has 2 heterocycles. The molecular weight excluding hydrogens is 312 g/mol. The van der Waals surface area contributed by atoms with E-state index in [1.165, 1.54) is 31.6 Å². The number of rotatable bonds is 8. The second-order valence-electron chi connectivity index (χ2n) is 6.54. The lowest BCUT2D eigenvalue weighted by molar-refractivity contribution is 0.238. The maximum absolute atomic E-state index is 5.89. The van der Waals surface area contributed by atoms with E-state index < -0.39 is 0 Å². The van der Waals surface area contributed by atoms with Gasteiger partial charge in [0.15, 0.2) is 0 Å². The number of ether oxygens (including phenoxy) is 1. The number of benzene rings is 1. The van der Waals surface area contributed by atoms with Crippen LogP contribution in [0.3, 0.4) is 0 Å². The Hall–Kier alpha value is -2.14. The Kier molecular flexibility index (Phi) is 6.23. The molecule has 0 bridgehead atoms. The normalized spacial score (nSPS) is 14.6. The van der Waals surface area contributed by atoms with E-state index in [9.17, 15) is 0 Å². The fourth-order valence-corrected chi connectivity index (χ4v) is 3.16. The largest absolute Gasteiger partial charge is 0.492 e. The predicted octanol–water partition coefficient (Wildman–Crippen LogP) is 3.29. The Morgan fingerprint density at radius 3 is 2.40 bits per heavy atom. The summed E-state index contributed by atoms with van der Waals surface area (Å²) in [7, 11) is 0. The molecule has 25 heavy (non-hydrogen) atoms. The van der Waals surface area contributed by atoms with Crippen molar-refractivity contribution in [2.75, 3.05) is 37.7 Å². The Morgan fingerprint density at radius 2 is 1.76 bits per heavy atom. The van der Waals surface area contributed by atoms with Crippen molar-refractivity contribution in [3.63, 3.8) is 0 Å². The third kappa shape index (κ3) is 5.16. The molecule has 5 nitrogen and oxygen atoms in total. The smallest absolute Gasteiger partial charge is 0.125 e. The lowest BCUT2D eigenvalue weighted by atomic mass is 10.2. The maximum Gasteiger partial charge on any atom is 0.125 e. The van der Waals surface area contributed by atoms with Gasteiger partial charge in [-0.3, -0.25) is 4.90 Å². The minimum absolute atomic E-state index is 0.761. The van der Waals surface area contributed by atoms with Crippen molar-refractivity contribution in [2.45, 2.75) is 33.2 Å². The SMILES string of the molecule is CCN(Cc1cnc(C)nc1)c1ccc(OCCN2CCCC2)cc1. The minimum atomic E-state index is 0.761. The second-order valence-corrected chi connectivity index (χ2v) is 6.54. The van der Waals surface area contributed by atoms with Crippen LogP contribution in [0.1, 0.15) is 31.2 Å². The summed E-state index contributed by atoms with van der Waals surface area (Å²) in [6, 6.07) is 8.38. The van der Waals surface area contributed by atoms with Gasteiger partial charge in [0, 0.05) is 43.3 Å². The highest BCUT2D eigenvalue weighted by atomic mass is 16.5. The van der Waals surface area contributed by atoms with Crippen LogP contribution >= 0.6 is 0 Å². The van der Waals surface area contributed by atoms with E-state index in [1.807, 2.05) is 19.3 Å². The highest BCUT2D eigenvalue weighted by Gasteiger charge is 2.11. The molecule has 134 valence electrons. The molecule has 1 saturated heterocycles. The standard InChI is InChI=1S/C20H28N4O/c1-3-24(16-18-14-21-17(2)22-15-18)19-6-8-20(9-7-19)25-13-12-23-10-4-5-11-23/h6-9,14-15H,3-5,10-13,16H2,1-2H3. The topological polar surface area (TPSA) is 41.5 Å². The summed E-state index contributed by atoms with van der Waals surface area (Å²) in [5.74, 6) is 1.75. The third-order valence-corrected chi connectivity index (χ3v) is 4.67. The zero-order valence-corrected chi connectivity index (χ0v) is 15.3. The summed E-state index contributed by atoms with van der Waals surface area (Å²) in [5.41, 5.74) is 2.31. The first-order chi connectivity index (χ1) is 12.2. The summed E-state index contributed by atoms with van der Waals surface area (Å²) in [5, 5.41) is 0. The molecular formula is C20H28N4O. The first-order valence-electron chi connectivity index (χ1n) is 9.22. The molecule has 1 fully saturated rings. The van der Waals surface area contributed by atoms with Crippen molar-refractivity contribution in [3.8, 4) is 5.75 Å². The fraction of sp³-hybridized carbons (Fsp3) is 0.500. The van der Waals surface area contributed by atoms with Gasteiger partial charge in [-0.15, -0.1) is 0 Å². The molecule has 1 aliphatic heterocycles. The number of nitrogens with zero attached hydrogens (tertiary/aromatic N) is 4. The van der Waals surface area contributed by atoms with Gasteiger partial charge in [0.05, 0.1) is 0 Å². The molecule has 0 radical (unpaired) electrons. The van der Waals surface area contributed by atoms with Gasteiger partial charge >= 0.3 is 0 Å². The summed E-state index contributed by atoms with van der Waals surface area (Å²) in [6.45, 7) is 10.0. The summed E-state index contributed by atoms with van der Waals surface area (Å²) in [6.07, 6.45) is 6.46. The molecule has 1 aliphatic rings.